The lowest BCUT2D eigenvalue weighted by molar-refractivity contribution is -0.130. The van der Waals surface area contributed by atoms with Crippen molar-refractivity contribution in [1.29, 1.82) is 0 Å². The number of rotatable bonds is 4. The Kier molecular flexibility index (Phi) is 4.71. The Morgan fingerprint density at radius 3 is 2.22 bits per heavy atom. The van der Waals surface area contributed by atoms with Gasteiger partial charge in [0.05, 0.1) is 11.0 Å². The molecule has 0 spiro atoms. The van der Waals surface area contributed by atoms with E-state index in [0.29, 0.717) is 12.0 Å². The first kappa shape index (κ1) is 15.8. The Morgan fingerprint density at radius 1 is 1.28 bits per heavy atom. The molecular formula is C14H26ClNO2. The monoisotopic (exact) mass is 275 g/mol. The first-order valence-corrected chi connectivity index (χ1v) is 7.20. The quantitative estimate of drug-likeness (QED) is 0.775. The van der Waals surface area contributed by atoms with E-state index in [4.69, 9.17) is 11.6 Å². The molecule has 0 aromatic rings. The number of hydrogen-bond acceptors (Lipinski definition) is 2. The van der Waals surface area contributed by atoms with Crippen LogP contribution >= 0.6 is 11.6 Å². The topological polar surface area (TPSA) is 49.3 Å². The van der Waals surface area contributed by atoms with Gasteiger partial charge in [0.1, 0.15) is 0 Å². The highest BCUT2D eigenvalue weighted by atomic mass is 35.5. The molecule has 0 aliphatic heterocycles. The molecule has 2 N–H and O–H groups in total. The van der Waals surface area contributed by atoms with E-state index >= 15 is 0 Å². The third-order valence-corrected chi connectivity index (χ3v) is 4.73. The van der Waals surface area contributed by atoms with E-state index < -0.39 is 11.0 Å². The minimum absolute atomic E-state index is 0.0873. The van der Waals surface area contributed by atoms with E-state index in [1.54, 1.807) is 0 Å². The molecule has 18 heavy (non-hydrogen) atoms. The fraction of sp³-hybridized carbons (Fsp3) is 0.929. The van der Waals surface area contributed by atoms with Crippen molar-refractivity contribution >= 4 is 17.5 Å². The molecule has 0 saturated heterocycles. The van der Waals surface area contributed by atoms with Crippen LogP contribution in [0.4, 0.5) is 0 Å². The standard InChI is InChI=1S/C14H26ClNO2/c1-12(2)5-7-14(18,8-6-12)10-16-11(17)13(3,4)9-15/h18H,5-10H2,1-4H3,(H,16,17). The van der Waals surface area contributed by atoms with Gasteiger partial charge in [-0.3, -0.25) is 4.79 Å². The number of nitrogens with one attached hydrogen (secondary N) is 1. The maximum Gasteiger partial charge on any atom is 0.226 e. The molecule has 1 rings (SSSR count). The predicted octanol–water partition coefficient (Wildman–Crippen LogP) is 2.70. The van der Waals surface area contributed by atoms with Crippen LogP contribution in [0.15, 0.2) is 0 Å². The second-order valence-corrected chi connectivity index (χ2v) is 7.36. The van der Waals surface area contributed by atoms with Crippen molar-refractivity contribution in [2.75, 3.05) is 12.4 Å². The Bertz CT molecular complexity index is 303. The average molecular weight is 276 g/mol. The van der Waals surface area contributed by atoms with Gasteiger partial charge in [-0.1, -0.05) is 13.8 Å². The molecule has 0 heterocycles. The zero-order chi connectivity index (χ0) is 14.0. The molecule has 0 radical (unpaired) electrons. The summed E-state index contributed by atoms with van der Waals surface area (Å²) in [5.74, 6) is 0.195. The molecule has 0 aromatic heterocycles. The zero-order valence-electron chi connectivity index (χ0n) is 12.0. The lowest BCUT2D eigenvalue weighted by Gasteiger charge is -2.40. The summed E-state index contributed by atoms with van der Waals surface area (Å²) in [6, 6.07) is 0. The van der Waals surface area contributed by atoms with Gasteiger partial charge < -0.3 is 10.4 Å². The normalized spacial score (nSPS) is 22.6. The number of carbonyl (C=O) groups excluding carboxylic acids is 1. The SMILES string of the molecule is CC1(C)CCC(O)(CNC(=O)C(C)(C)CCl)CC1. The molecule has 0 atom stereocenters. The van der Waals surface area contributed by atoms with Crippen LogP contribution in [0.25, 0.3) is 0 Å². The van der Waals surface area contributed by atoms with Crippen LogP contribution in [-0.4, -0.2) is 29.0 Å². The average Bonchev–Trinajstić information content (AvgIpc) is 2.31. The largest absolute Gasteiger partial charge is 0.388 e. The van der Waals surface area contributed by atoms with Crippen LogP contribution in [0.2, 0.25) is 0 Å². The third kappa shape index (κ3) is 4.13. The summed E-state index contributed by atoms with van der Waals surface area (Å²) in [7, 11) is 0. The summed E-state index contributed by atoms with van der Waals surface area (Å²) in [5.41, 5.74) is -1.01. The first-order valence-electron chi connectivity index (χ1n) is 6.67. The molecule has 1 aliphatic carbocycles. The van der Waals surface area contributed by atoms with Gasteiger partial charge in [0.2, 0.25) is 5.91 Å². The molecule has 1 saturated carbocycles. The molecule has 1 amide bonds. The van der Waals surface area contributed by atoms with Crippen molar-refractivity contribution in [3.05, 3.63) is 0 Å². The molecule has 0 unspecified atom stereocenters. The van der Waals surface area contributed by atoms with E-state index in [1.165, 1.54) is 0 Å². The van der Waals surface area contributed by atoms with Gasteiger partial charge >= 0.3 is 0 Å². The first-order chi connectivity index (χ1) is 8.10. The van der Waals surface area contributed by atoms with Crippen molar-refractivity contribution < 1.29 is 9.90 Å². The highest BCUT2D eigenvalue weighted by Gasteiger charge is 2.37. The number of amides is 1. The van der Waals surface area contributed by atoms with E-state index in [0.717, 1.165) is 25.7 Å². The summed E-state index contributed by atoms with van der Waals surface area (Å²) in [6.07, 6.45) is 3.50. The molecular weight excluding hydrogens is 250 g/mol. The molecule has 3 nitrogen and oxygen atoms in total. The van der Waals surface area contributed by atoms with Crippen LogP contribution in [0.3, 0.4) is 0 Å². The summed E-state index contributed by atoms with van der Waals surface area (Å²) in [5, 5.41) is 13.3. The van der Waals surface area contributed by atoms with E-state index in [1.807, 2.05) is 13.8 Å². The number of halogens is 1. The molecule has 1 aliphatic rings. The molecule has 1 fully saturated rings. The minimum atomic E-state index is -0.742. The highest BCUT2D eigenvalue weighted by Crippen LogP contribution is 2.39. The zero-order valence-corrected chi connectivity index (χ0v) is 12.7. The van der Waals surface area contributed by atoms with E-state index in [-0.39, 0.29) is 11.8 Å². The lowest BCUT2D eigenvalue weighted by Crippen LogP contribution is -2.49. The van der Waals surface area contributed by atoms with Crippen LogP contribution in [0.5, 0.6) is 0 Å². The molecule has 0 bridgehead atoms. The van der Waals surface area contributed by atoms with Crippen LogP contribution in [0, 0.1) is 10.8 Å². The fourth-order valence-corrected chi connectivity index (χ4v) is 2.24. The summed E-state index contributed by atoms with van der Waals surface area (Å²) in [6.45, 7) is 8.40. The second-order valence-electron chi connectivity index (χ2n) is 7.09. The van der Waals surface area contributed by atoms with Gasteiger partial charge in [0.15, 0.2) is 0 Å². The van der Waals surface area contributed by atoms with E-state index in [9.17, 15) is 9.90 Å². The third-order valence-electron chi connectivity index (χ3n) is 4.06. The van der Waals surface area contributed by atoms with Gasteiger partial charge in [-0.15, -0.1) is 11.6 Å². The van der Waals surface area contributed by atoms with Gasteiger partial charge in [-0.05, 0) is 44.9 Å². The maximum absolute atomic E-state index is 11.9. The van der Waals surface area contributed by atoms with Crippen molar-refractivity contribution in [1.82, 2.24) is 5.32 Å². The van der Waals surface area contributed by atoms with Gasteiger partial charge in [-0.25, -0.2) is 0 Å². The molecule has 0 aromatic carbocycles. The van der Waals surface area contributed by atoms with Crippen molar-refractivity contribution in [2.24, 2.45) is 10.8 Å². The number of aliphatic hydroxyl groups is 1. The summed E-state index contributed by atoms with van der Waals surface area (Å²) >= 11 is 5.76. The van der Waals surface area contributed by atoms with E-state index in [2.05, 4.69) is 19.2 Å². The maximum atomic E-state index is 11.9. The Balaban J connectivity index is 2.47. The smallest absolute Gasteiger partial charge is 0.226 e. The summed E-state index contributed by atoms with van der Waals surface area (Å²) in [4.78, 5) is 11.9. The Morgan fingerprint density at radius 2 is 1.78 bits per heavy atom. The number of hydrogen-bond donors (Lipinski definition) is 2. The Labute approximate surface area is 115 Å². The minimum Gasteiger partial charge on any atom is -0.388 e. The van der Waals surface area contributed by atoms with Crippen molar-refractivity contribution in [2.45, 2.75) is 59.0 Å². The van der Waals surface area contributed by atoms with Gasteiger partial charge in [0.25, 0.3) is 0 Å². The molecule has 4 heteroatoms. The lowest BCUT2D eigenvalue weighted by atomic mass is 9.71. The fourth-order valence-electron chi connectivity index (χ4n) is 2.11. The van der Waals surface area contributed by atoms with Crippen molar-refractivity contribution in [3.8, 4) is 0 Å². The number of alkyl halides is 1. The van der Waals surface area contributed by atoms with Crippen LogP contribution < -0.4 is 5.32 Å². The summed E-state index contributed by atoms with van der Waals surface area (Å²) < 4.78 is 0. The van der Waals surface area contributed by atoms with Crippen molar-refractivity contribution in [3.63, 3.8) is 0 Å². The van der Waals surface area contributed by atoms with Gasteiger partial charge in [-0.2, -0.15) is 0 Å². The van der Waals surface area contributed by atoms with Crippen LogP contribution in [-0.2, 0) is 4.79 Å². The predicted molar refractivity (Wildman–Crippen MR) is 74.7 cm³/mol. The number of carbonyl (C=O) groups is 1. The van der Waals surface area contributed by atoms with Crippen LogP contribution in [0.1, 0.15) is 53.4 Å². The Hall–Kier alpha value is -0.280. The molecule has 106 valence electrons. The highest BCUT2D eigenvalue weighted by molar-refractivity contribution is 6.19. The van der Waals surface area contributed by atoms with Gasteiger partial charge in [0, 0.05) is 12.4 Å². The second kappa shape index (κ2) is 5.38.